The predicted octanol–water partition coefficient (Wildman–Crippen LogP) is 3.44. The molecule has 3 rings (SSSR count). The Bertz CT molecular complexity index is 611. The number of nitrogens with two attached hydrogens (primary N) is 1. The van der Waals surface area contributed by atoms with Crippen molar-refractivity contribution in [2.45, 2.75) is 33.4 Å². The molecule has 1 aliphatic rings. The summed E-state index contributed by atoms with van der Waals surface area (Å²) in [5, 5.41) is 0. The molecule has 20 heavy (non-hydrogen) atoms. The van der Waals surface area contributed by atoms with Crippen LogP contribution in [0.1, 0.15) is 27.8 Å². The number of aryl methyl sites for hydroxylation is 2. The van der Waals surface area contributed by atoms with Crippen LogP contribution in [-0.2, 0) is 19.5 Å². The highest BCUT2D eigenvalue weighted by Crippen LogP contribution is 2.26. The number of rotatable bonds is 2. The quantitative estimate of drug-likeness (QED) is 0.844. The van der Waals surface area contributed by atoms with Crippen LogP contribution in [0, 0.1) is 13.8 Å². The van der Waals surface area contributed by atoms with Crippen molar-refractivity contribution in [1.82, 2.24) is 4.90 Å². The highest BCUT2D eigenvalue weighted by atomic mass is 15.1. The lowest BCUT2D eigenvalue weighted by molar-refractivity contribution is 0.245. The van der Waals surface area contributed by atoms with Gasteiger partial charge in [-0.2, -0.15) is 0 Å². The number of nitrogens with zero attached hydrogens (tertiary/aromatic N) is 1. The number of anilines is 1. The second-order valence-electron chi connectivity index (χ2n) is 5.82. The lowest BCUT2D eigenvalue weighted by atomic mass is 9.96. The summed E-state index contributed by atoms with van der Waals surface area (Å²) < 4.78 is 0. The van der Waals surface area contributed by atoms with E-state index in [1.165, 1.54) is 27.8 Å². The second-order valence-corrected chi connectivity index (χ2v) is 5.82. The summed E-state index contributed by atoms with van der Waals surface area (Å²) in [7, 11) is 0. The average Bonchev–Trinajstić information content (AvgIpc) is 2.43. The lowest BCUT2D eigenvalue weighted by Gasteiger charge is -2.30. The van der Waals surface area contributed by atoms with Crippen molar-refractivity contribution >= 4 is 5.69 Å². The molecule has 0 amide bonds. The monoisotopic (exact) mass is 266 g/mol. The van der Waals surface area contributed by atoms with Gasteiger partial charge in [0, 0.05) is 25.3 Å². The molecule has 104 valence electrons. The van der Waals surface area contributed by atoms with Gasteiger partial charge in [-0.25, -0.2) is 0 Å². The highest BCUT2D eigenvalue weighted by molar-refractivity contribution is 5.52. The smallest absolute Gasteiger partial charge is 0.0350 e. The fourth-order valence-electron chi connectivity index (χ4n) is 3.15. The van der Waals surface area contributed by atoms with Crippen LogP contribution < -0.4 is 5.73 Å². The number of fused-ring (bicyclic) bond motifs is 1. The standard InChI is InChI=1S/C18H22N2/c1-13-5-3-6-14(2)17(13)12-20-10-9-16-15(11-20)7-4-8-18(16)19/h3-8H,9-12,19H2,1-2H3. The minimum atomic E-state index is 0.953. The summed E-state index contributed by atoms with van der Waals surface area (Å²) in [6, 6.07) is 12.8. The summed E-state index contributed by atoms with van der Waals surface area (Å²) in [4.78, 5) is 2.52. The summed E-state index contributed by atoms with van der Waals surface area (Å²) >= 11 is 0. The topological polar surface area (TPSA) is 29.3 Å². The van der Waals surface area contributed by atoms with Crippen LogP contribution in [0.2, 0.25) is 0 Å². The van der Waals surface area contributed by atoms with Gasteiger partial charge in [-0.1, -0.05) is 30.3 Å². The van der Waals surface area contributed by atoms with E-state index in [0.29, 0.717) is 0 Å². The number of benzene rings is 2. The van der Waals surface area contributed by atoms with Crippen LogP contribution >= 0.6 is 0 Å². The van der Waals surface area contributed by atoms with E-state index in [0.717, 1.165) is 31.7 Å². The molecular formula is C18H22N2. The van der Waals surface area contributed by atoms with E-state index in [9.17, 15) is 0 Å². The van der Waals surface area contributed by atoms with Crippen molar-refractivity contribution in [2.75, 3.05) is 12.3 Å². The summed E-state index contributed by atoms with van der Waals surface area (Å²) in [5.74, 6) is 0. The Morgan fingerprint density at radius 2 is 1.75 bits per heavy atom. The molecule has 0 spiro atoms. The van der Waals surface area contributed by atoms with Crippen LogP contribution in [0.4, 0.5) is 5.69 Å². The van der Waals surface area contributed by atoms with Crippen LogP contribution in [0.25, 0.3) is 0 Å². The molecule has 1 aliphatic heterocycles. The maximum absolute atomic E-state index is 6.07. The van der Waals surface area contributed by atoms with E-state index < -0.39 is 0 Å². The van der Waals surface area contributed by atoms with Crippen LogP contribution in [0.3, 0.4) is 0 Å². The van der Waals surface area contributed by atoms with Crippen LogP contribution in [0.5, 0.6) is 0 Å². The Morgan fingerprint density at radius 3 is 2.50 bits per heavy atom. The molecule has 0 unspecified atom stereocenters. The average molecular weight is 266 g/mol. The minimum absolute atomic E-state index is 0.953. The first-order valence-corrected chi connectivity index (χ1v) is 7.29. The number of hydrogen-bond donors (Lipinski definition) is 1. The first-order valence-electron chi connectivity index (χ1n) is 7.29. The SMILES string of the molecule is Cc1cccc(C)c1CN1CCc2c(N)cccc2C1. The van der Waals surface area contributed by atoms with Gasteiger partial charge < -0.3 is 5.73 Å². The van der Waals surface area contributed by atoms with Crippen LogP contribution in [0.15, 0.2) is 36.4 Å². The molecule has 2 heteroatoms. The fraction of sp³-hybridized carbons (Fsp3) is 0.333. The zero-order valence-electron chi connectivity index (χ0n) is 12.3. The molecule has 2 N–H and O–H groups in total. The summed E-state index contributed by atoms with van der Waals surface area (Å²) in [5.41, 5.74) is 14.0. The first kappa shape index (κ1) is 13.2. The van der Waals surface area contributed by atoms with Crippen molar-refractivity contribution in [2.24, 2.45) is 0 Å². The Balaban J connectivity index is 1.81. The summed E-state index contributed by atoms with van der Waals surface area (Å²) in [6.07, 6.45) is 1.06. The Hall–Kier alpha value is -1.80. The van der Waals surface area contributed by atoms with E-state index in [1.807, 2.05) is 6.07 Å². The predicted molar refractivity (Wildman–Crippen MR) is 84.6 cm³/mol. The molecule has 0 atom stereocenters. The maximum Gasteiger partial charge on any atom is 0.0350 e. The van der Waals surface area contributed by atoms with Gasteiger partial charge in [-0.15, -0.1) is 0 Å². The van der Waals surface area contributed by atoms with Crippen molar-refractivity contribution in [1.29, 1.82) is 0 Å². The normalized spacial score (nSPS) is 15.1. The van der Waals surface area contributed by atoms with Gasteiger partial charge in [0.1, 0.15) is 0 Å². The zero-order valence-corrected chi connectivity index (χ0v) is 12.3. The van der Waals surface area contributed by atoms with Crippen molar-refractivity contribution < 1.29 is 0 Å². The molecule has 0 saturated heterocycles. The molecule has 0 saturated carbocycles. The fourth-order valence-corrected chi connectivity index (χ4v) is 3.15. The van der Waals surface area contributed by atoms with Crippen molar-refractivity contribution in [3.8, 4) is 0 Å². The zero-order chi connectivity index (χ0) is 14.1. The molecule has 1 heterocycles. The lowest BCUT2D eigenvalue weighted by Crippen LogP contribution is -2.31. The minimum Gasteiger partial charge on any atom is -0.398 e. The molecule has 0 aromatic heterocycles. The van der Waals surface area contributed by atoms with E-state index in [1.54, 1.807) is 0 Å². The van der Waals surface area contributed by atoms with Gasteiger partial charge >= 0.3 is 0 Å². The van der Waals surface area contributed by atoms with Gasteiger partial charge in [-0.05, 0) is 54.2 Å². The van der Waals surface area contributed by atoms with Gasteiger partial charge in [0.2, 0.25) is 0 Å². The third kappa shape index (κ3) is 2.44. The largest absolute Gasteiger partial charge is 0.398 e. The van der Waals surface area contributed by atoms with E-state index in [2.05, 4.69) is 49.1 Å². The third-order valence-electron chi connectivity index (χ3n) is 4.41. The number of nitrogen functional groups attached to an aromatic ring is 1. The molecule has 2 aromatic rings. The van der Waals surface area contributed by atoms with Gasteiger partial charge in [0.25, 0.3) is 0 Å². The molecule has 2 nitrogen and oxygen atoms in total. The van der Waals surface area contributed by atoms with E-state index in [4.69, 9.17) is 5.73 Å². The van der Waals surface area contributed by atoms with Gasteiger partial charge in [0.05, 0.1) is 0 Å². The third-order valence-corrected chi connectivity index (χ3v) is 4.41. The number of hydrogen-bond acceptors (Lipinski definition) is 2. The van der Waals surface area contributed by atoms with E-state index >= 15 is 0 Å². The highest BCUT2D eigenvalue weighted by Gasteiger charge is 2.18. The Morgan fingerprint density at radius 1 is 1.05 bits per heavy atom. The van der Waals surface area contributed by atoms with E-state index in [-0.39, 0.29) is 0 Å². The molecular weight excluding hydrogens is 244 g/mol. The first-order chi connectivity index (χ1) is 9.65. The Labute approximate surface area is 121 Å². The second kappa shape index (κ2) is 5.29. The molecule has 0 aliphatic carbocycles. The van der Waals surface area contributed by atoms with Crippen LogP contribution in [-0.4, -0.2) is 11.4 Å². The van der Waals surface area contributed by atoms with Crippen molar-refractivity contribution in [3.63, 3.8) is 0 Å². The molecule has 0 fully saturated rings. The molecule has 0 radical (unpaired) electrons. The van der Waals surface area contributed by atoms with Gasteiger partial charge in [0.15, 0.2) is 0 Å². The maximum atomic E-state index is 6.07. The van der Waals surface area contributed by atoms with Crippen molar-refractivity contribution in [3.05, 3.63) is 64.2 Å². The van der Waals surface area contributed by atoms with Gasteiger partial charge in [-0.3, -0.25) is 4.90 Å². The molecule has 2 aromatic carbocycles. The molecule has 0 bridgehead atoms. The summed E-state index contributed by atoms with van der Waals surface area (Å²) in [6.45, 7) is 7.55. The Kier molecular flexibility index (Phi) is 3.49.